The lowest BCUT2D eigenvalue weighted by molar-refractivity contribution is 0.307. The SMILES string of the molecule is Cc1cccc(CC(C)N)c1OCCCC#N. The minimum atomic E-state index is 0.123. The molecule has 3 nitrogen and oxygen atoms in total. The Morgan fingerprint density at radius 2 is 2.24 bits per heavy atom. The molecule has 0 fully saturated rings. The van der Waals surface area contributed by atoms with Gasteiger partial charge in [0, 0.05) is 12.5 Å². The molecular weight excluding hydrogens is 212 g/mol. The van der Waals surface area contributed by atoms with Crippen molar-refractivity contribution in [3.8, 4) is 11.8 Å². The van der Waals surface area contributed by atoms with Crippen molar-refractivity contribution >= 4 is 0 Å². The van der Waals surface area contributed by atoms with Crippen molar-refractivity contribution in [2.45, 2.75) is 39.2 Å². The molecule has 0 amide bonds. The van der Waals surface area contributed by atoms with Crippen LogP contribution in [-0.2, 0) is 6.42 Å². The van der Waals surface area contributed by atoms with E-state index in [0.29, 0.717) is 13.0 Å². The van der Waals surface area contributed by atoms with Gasteiger partial charge < -0.3 is 10.5 Å². The van der Waals surface area contributed by atoms with Gasteiger partial charge in [-0.15, -0.1) is 0 Å². The highest BCUT2D eigenvalue weighted by atomic mass is 16.5. The summed E-state index contributed by atoms with van der Waals surface area (Å²) in [6.07, 6.45) is 2.12. The number of nitriles is 1. The first-order valence-corrected chi connectivity index (χ1v) is 5.99. The molecule has 0 bridgehead atoms. The van der Waals surface area contributed by atoms with Crippen LogP contribution in [0.15, 0.2) is 18.2 Å². The van der Waals surface area contributed by atoms with Crippen LogP contribution in [-0.4, -0.2) is 12.6 Å². The number of unbranched alkanes of at least 4 members (excludes halogenated alkanes) is 1. The lowest BCUT2D eigenvalue weighted by Crippen LogP contribution is -2.18. The highest BCUT2D eigenvalue weighted by molar-refractivity contribution is 5.41. The zero-order valence-corrected chi connectivity index (χ0v) is 10.6. The Bertz CT molecular complexity index is 394. The van der Waals surface area contributed by atoms with Gasteiger partial charge in [-0.2, -0.15) is 5.26 Å². The average Bonchev–Trinajstić information content (AvgIpc) is 2.26. The number of hydrogen-bond acceptors (Lipinski definition) is 3. The minimum Gasteiger partial charge on any atom is -0.493 e. The first-order valence-electron chi connectivity index (χ1n) is 5.99. The Morgan fingerprint density at radius 3 is 2.88 bits per heavy atom. The molecule has 1 aromatic carbocycles. The number of nitrogens with two attached hydrogens (primary N) is 1. The zero-order valence-electron chi connectivity index (χ0n) is 10.6. The lowest BCUT2D eigenvalue weighted by atomic mass is 10.0. The fourth-order valence-corrected chi connectivity index (χ4v) is 1.75. The Labute approximate surface area is 103 Å². The molecule has 1 unspecified atom stereocenters. The molecule has 17 heavy (non-hydrogen) atoms. The van der Waals surface area contributed by atoms with Gasteiger partial charge in [0.25, 0.3) is 0 Å². The van der Waals surface area contributed by atoms with Crippen LogP contribution in [0.3, 0.4) is 0 Å². The van der Waals surface area contributed by atoms with E-state index >= 15 is 0 Å². The molecule has 0 aliphatic carbocycles. The number of benzene rings is 1. The fourth-order valence-electron chi connectivity index (χ4n) is 1.75. The van der Waals surface area contributed by atoms with E-state index in [2.05, 4.69) is 12.1 Å². The third kappa shape index (κ3) is 4.46. The molecule has 0 saturated carbocycles. The van der Waals surface area contributed by atoms with Crippen LogP contribution in [0.4, 0.5) is 0 Å². The molecule has 1 rings (SSSR count). The van der Waals surface area contributed by atoms with Gasteiger partial charge in [-0.25, -0.2) is 0 Å². The van der Waals surface area contributed by atoms with Crippen molar-refractivity contribution in [1.82, 2.24) is 0 Å². The molecule has 0 saturated heterocycles. The monoisotopic (exact) mass is 232 g/mol. The Hall–Kier alpha value is -1.53. The summed E-state index contributed by atoms with van der Waals surface area (Å²) in [5.74, 6) is 0.933. The molecular formula is C14H20N2O. The highest BCUT2D eigenvalue weighted by Crippen LogP contribution is 2.24. The summed E-state index contributed by atoms with van der Waals surface area (Å²) >= 11 is 0. The van der Waals surface area contributed by atoms with Gasteiger partial charge in [-0.3, -0.25) is 0 Å². The molecule has 0 aliphatic rings. The molecule has 0 radical (unpaired) electrons. The summed E-state index contributed by atoms with van der Waals surface area (Å²) in [7, 11) is 0. The van der Waals surface area contributed by atoms with Crippen molar-refractivity contribution < 1.29 is 4.74 Å². The van der Waals surface area contributed by atoms with Crippen LogP contribution < -0.4 is 10.5 Å². The molecule has 2 N–H and O–H groups in total. The van der Waals surface area contributed by atoms with Gasteiger partial charge in [0.05, 0.1) is 12.7 Å². The molecule has 3 heteroatoms. The van der Waals surface area contributed by atoms with Crippen LogP contribution in [0.25, 0.3) is 0 Å². The van der Waals surface area contributed by atoms with E-state index in [4.69, 9.17) is 15.7 Å². The average molecular weight is 232 g/mol. The third-order valence-electron chi connectivity index (χ3n) is 2.51. The lowest BCUT2D eigenvalue weighted by Gasteiger charge is -2.15. The number of ether oxygens (including phenoxy) is 1. The second-order valence-corrected chi connectivity index (χ2v) is 4.35. The standard InChI is InChI=1S/C14H20N2O/c1-11-6-5-7-13(10-12(2)16)14(11)17-9-4-3-8-15/h5-7,12H,3-4,9-10,16H2,1-2H3. The first kappa shape index (κ1) is 13.5. The van der Waals surface area contributed by atoms with E-state index in [-0.39, 0.29) is 6.04 Å². The topological polar surface area (TPSA) is 59.0 Å². The Kier molecular flexibility index (Phi) is 5.51. The molecule has 0 heterocycles. The van der Waals surface area contributed by atoms with E-state index < -0.39 is 0 Å². The van der Waals surface area contributed by atoms with Crippen molar-refractivity contribution in [3.63, 3.8) is 0 Å². The summed E-state index contributed by atoms with van der Waals surface area (Å²) in [6, 6.07) is 8.35. The van der Waals surface area contributed by atoms with Crippen molar-refractivity contribution in [1.29, 1.82) is 5.26 Å². The van der Waals surface area contributed by atoms with E-state index in [1.54, 1.807) is 0 Å². The maximum absolute atomic E-state index is 8.47. The molecule has 0 spiro atoms. The minimum absolute atomic E-state index is 0.123. The molecule has 92 valence electrons. The third-order valence-corrected chi connectivity index (χ3v) is 2.51. The summed E-state index contributed by atoms with van der Waals surface area (Å²) in [5.41, 5.74) is 8.10. The predicted octanol–water partition coefficient (Wildman–Crippen LogP) is 2.57. The number of para-hydroxylation sites is 1. The quantitative estimate of drug-likeness (QED) is 0.767. The van der Waals surface area contributed by atoms with Crippen molar-refractivity contribution in [2.24, 2.45) is 5.73 Å². The molecule has 1 aromatic rings. The van der Waals surface area contributed by atoms with Gasteiger partial charge >= 0.3 is 0 Å². The number of nitrogens with zero attached hydrogens (tertiary/aromatic N) is 1. The second kappa shape index (κ2) is 6.93. The highest BCUT2D eigenvalue weighted by Gasteiger charge is 2.08. The normalized spacial score (nSPS) is 11.9. The van der Waals surface area contributed by atoms with Gasteiger partial charge in [0.1, 0.15) is 5.75 Å². The molecule has 0 aromatic heterocycles. The van der Waals surface area contributed by atoms with E-state index in [1.165, 1.54) is 0 Å². The van der Waals surface area contributed by atoms with Crippen LogP contribution in [0.2, 0.25) is 0 Å². The molecule has 0 aliphatic heterocycles. The van der Waals surface area contributed by atoms with Crippen LogP contribution in [0.1, 0.15) is 30.9 Å². The van der Waals surface area contributed by atoms with Gasteiger partial charge in [-0.1, -0.05) is 18.2 Å². The smallest absolute Gasteiger partial charge is 0.125 e. The fraction of sp³-hybridized carbons (Fsp3) is 0.500. The van der Waals surface area contributed by atoms with Crippen LogP contribution in [0.5, 0.6) is 5.75 Å². The van der Waals surface area contributed by atoms with Gasteiger partial charge in [-0.05, 0) is 37.8 Å². The summed E-state index contributed by atoms with van der Waals surface area (Å²) in [5, 5.41) is 8.47. The van der Waals surface area contributed by atoms with Crippen LogP contribution >= 0.6 is 0 Å². The summed E-state index contributed by atoms with van der Waals surface area (Å²) in [4.78, 5) is 0. The zero-order chi connectivity index (χ0) is 12.7. The van der Waals surface area contributed by atoms with Gasteiger partial charge in [0.2, 0.25) is 0 Å². The van der Waals surface area contributed by atoms with Crippen LogP contribution in [0, 0.1) is 18.3 Å². The Morgan fingerprint density at radius 1 is 1.47 bits per heavy atom. The first-order chi connectivity index (χ1) is 8.15. The largest absolute Gasteiger partial charge is 0.493 e. The maximum Gasteiger partial charge on any atom is 0.125 e. The molecule has 1 atom stereocenters. The van der Waals surface area contributed by atoms with E-state index in [0.717, 1.165) is 29.7 Å². The number of aryl methyl sites for hydroxylation is 1. The van der Waals surface area contributed by atoms with E-state index in [1.807, 2.05) is 26.0 Å². The van der Waals surface area contributed by atoms with Crippen molar-refractivity contribution in [2.75, 3.05) is 6.61 Å². The van der Waals surface area contributed by atoms with E-state index in [9.17, 15) is 0 Å². The Balaban J connectivity index is 2.70. The van der Waals surface area contributed by atoms with Crippen molar-refractivity contribution in [3.05, 3.63) is 29.3 Å². The summed E-state index contributed by atoms with van der Waals surface area (Å²) in [6.45, 7) is 4.61. The number of rotatable bonds is 6. The number of hydrogen-bond donors (Lipinski definition) is 1. The summed E-state index contributed by atoms with van der Waals surface area (Å²) < 4.78 is 5.76. The second-order valence-electron chi connectivity index (χ2n) is 4.35. The maximum atomic E-state index is 8.47. The van der Waals surface area contributed by atoms with Gasteiger partial charge in [0.15, 0.2) is 0 Å². The predicted molar refractivity (Wildman–Crippen MR) is 68.9 cm³/mol.